The van der Waals surface area contributed by atoms with Crippen LogP contribution < -0.4 is 13.8 Å². The molecule has 1 saturated heterocycles. The molecule has 0 radical (unpaired) electrons. The number of hydrogen-bond donors (Lipinski definition) is 2. The van der Waals surface area contributed by atoms with Gasteiger partial charge in [-0.1, -0.05) is 0 Å². The summed E-state index contributed by atoms with van der Waals surface area (Å²) >= 11 is 0. The SMILES string of the molecule is CC(C)Oc1ccc2cc(O)c(N3CC(=O)NS3(=O)=O)c(F)c2n1. The summed E-state index contributed by atoms with van der Waals surface area (Å²) in [6, 6.07) is 4.19. The molecule has 1 amide bonds. The molecule has 1 aliphatic heterocycles. The Bertz CT molecular complexity index is 945. The van der Waals surface area contributed by atoms with Crippen LogP contribution in [0.1, 0.15) is 13.8 Å². The van der Waals surface area contributed by atoms with Gasteiger partial charge in [-0.15, -0.1) is 0 Å². The predicted molar refractivity (Wildman–Crippen MR) is 83.5 cm³/mol. The quantitative estimate of drug-likeness (QED) is 0.852. The first-order chi connectivity index (χ1) is 11.2. The van der Waals surface area contributed by atoms with Crippen LogP contribution in [0.2, 0.25) is 0 Å². The van der Waals surface area contributed by atoms with Crippen molar-refractivity contribution in [1.29, 1.82) is 0 Å². The molecule has 1 aromatic carbocycles. The summed E-state index contributed by atoms with van der Waals surface area (Å²) in [5.74, 6) is -2.33. The van der Waals surface area contributed by atoms with E-state index in [1.54, 1.807) is 18.6 Å². The van der Waals surface area contributed by atoms with Gasteiger partial charge in [0.15, 0.2) is 5.82 Å². The van der Waals surface area contributed by atoms with Crippen LogP contribution in [0, 0.1) is 5.82 Å². The van der Waals surface area contributed by atoms with Crippen molar-refractivity contribution >= 4 is 32.7 Å². The molecule has 0 spiro atoms. The van der Waals surface area contributed by atoms with Gasteiger partial charge in [-0.2, -0.15) is 8.42 Å². The van der Waals surface area contributed by atoms with Crippen LogP contribution >= 0.6 is 0 Å². The molecule has 1 fully saturated rings. The molecule has 3 rings (SSSR count). The average Bonchev–Trinajstić information content (AvgIpc) is 2.72. The number of aromatic nitrogens is 1. The minimum absolute atomic E-state index is 0.159. The fraction of sp³-hybridized carbons (Fsp3) is 0.286. The maximum Gasteiger partial charge on any atom is 0.326 e. The number of phenols is 1. The number of ether oxygens (including phenoxy) is 1. The zero-order valence-corrected chi connectivity index (χ0v) is 13.6. The maximum atomic E-state index is 14.8. The third-order valence-corrected chi connectivity index (χ3v) is 4.66. The van der Waals surface area contributed by atoms with Gasteiger partial charge >= 0.3 is 10.2 Å². The van der Waals surface area contributed by atoms with E-state index in [-0.39, 0.29) is 22.9 Å². The van der Waals surface area contributed by atoms with Crippen molar-refractivity contribution in [3.05, 3.63) is 24.0 Å². The van der Waals surface area contributed by atoms with Crippen LogP contribution in [-0.4, -0.2) is 37.1 Å². The summed E-state index contributed by atoms with van der Waals surface area (Å²) < 4.78 is 46.2. The number of carbonyl (C=O) groups is 1. The van der Waals surface area contributed by atoms with Crippen molar-refractivity contribution in [3.8, 4) is 11.6 Å². The van der Waals surface area contributed by atoms with Gasteiger partial charge in [0.25, 0.3) is 5.91 Å². The zero-order valence-electron chi connectivity index (χ0n) is 12.8. The monoisotopic (exact) mass is 355 g/mol. The van der Waals surface area contributed by atoms with Crippen molar-refractivity contribution in [2.75, 3.05) is 10.8 Å². The maximum absolute atomic E-state index is 14.8. The number of aromatic hydroxyl groups is 1. The van der Waals surface area contributed by atoms with E-state index >= 15 is 0 Å². The lowest BCUT2D eigenvalue weighted by Gasteiger charge is -2.18. The van der Waals surface area contributed by atoms with Crippen LogP contribution in [0.25, 0.3) is 10.9 Å². The first-order valence-corrected chi connectivity index (χ1v) is 8.45. The molecule has 128 valence electrons. The lowest BCUT2D eigenvalue weighted by atomic mass is 10.1. The first-order valence-electron chi connectivity index (χ1n) is 7.01. The van der Waals surface area contributed by atoms with Crippen molar-refractivity contribution < 1.29 is 27.4 Å². The van der Waals surface area contributed by atoms with Crippen LogP contribution in [0.5, 0.6) is 11.6 Å². The number of fused-ring (bicyclic) bond motifs is 1. The van der Waals surface area contributed by atoms with E-state index in [0.29, 0.717) is 4.31 Å². The summed E-state index contributed by atoms with van der Waals surface area (Å²) in [7, 11) is -4.26. The molecule has 8 nitrogen and oxygen atoms in total. The lowest BCUT2D eigenvalue weighted by Crippen LogP contribution is -2.30. The third-order valence-electron chi connectivity index (χ3n) is 3.28. The van der Waals surface area contributed by atoms with Gasteiger partial charge in [-0.25, -0.2) is 18.4 Å². The van der Waals surface area contributed by atoms with Gasteiger partial charge in [0.2, 0.25) is 5.88 Å². The molecule has 24 heavy (non-hydrogen) atoms. The van der Waals surface area contributed by atoms with Gasteiger partial charge < -0.3 is 9.84 Å². The number of halogens is 1. The number of benzene rings is 1. The lowest BCUT2D eigenvalue weighted by molar-refractivity contribution is -0.117. The Morgan fingerprint density at radius 2 is 2.12 bits per heavy atom. The second-order valence-electron chi connectivity index (χ2n) is 5.48. The molecule has 0 saturated carbocycles. The summed E-state index contributed by atoms with van der Waals surface area (Å²) in [6.45, 7) is 2.93. The van der Waals surface area contributed by atoms with Crippen molar-refractivity contribution in [1.82, 2.24) is 9.71 Å². The minimum atomic E-state index is -4.26. The highest BCUT2D eigenvalue weighted by Gasteiger charge is 2.38. The fourth-order valence-electron chi connectivity index (χ4n) is 2.37. The second kappa shape index (κ2) is 5.48. The van der Waals surface area contributed by atoms with Crippen molar-refractivity contribution in [2.24, 2.45) is 0 Å². The van der Waals surface area contributed by atoms with Crippen molar-refractivity contribution in [2.45, 2.75) is 20.0 Å². The molecule has 1 aromatic heterocycles. The molecule has 0 aliphatic carbocycles. The van der Waals surface area contributed by atoms with Gasteiger partial charge in [-0.05, 0) is 26.0 Å². The summed E-state index contributed by atoms with van der Waals surface area (Å²) in [4.78, 5) is 15.4. The summed E-state index contributed by atoms with van der Waals surface area (Å²) in [6.07, 6.45) is -0.185. The smallest absolute Gasteiger partial charge is 0.326 e. The fourth-order valence-corrected chi connectivity index (χ4v) is 3.54. The number of anilines is 1. The molecule has 10 heteroatoms. The third kappa shape index (κ3) is 2.68. The minimum Gasteiger partial charge on any atom is -0.506 e. The Morgan fingerprint density at radius 1 is 1.42 bits per heavy atom. The number of nitrogens with zero attached hydrogens (tertiary/aromatic N) is 2. The predicted octanol–water partition coefficient (Wildman–Crippen LogP) is 1.05. The number of rotatable bonds is 3. The van der Waals surface area contributed by atoms with Crippen molar-refractivity contribution in [3.63, 3.8) is 0 Å². The highest BCUT2D eigenvalue weighted by Crippen LogP contribution is 2.38. The largest absolute Gasteiger partial charge is 0.506 e. The van der Waals surface area contributed by atoms with Gasteiger partial charge in [0, 0.05) is 11.5 Å². The van der Waals surface area contributed by atoms with Gasteiger partial charge in [0.05, 0.1) is 6.10 Å². The number of carbonyl (C=O) groups excluding carboxylic acids is 1. The number of hydrogen-bond acceptors (Lipinski definition) is 6. The van der Waals surface area contributed by atoms with Crippen LogP contribution in [0.3, 0.4) is 0 Å². The average molecular weight is 355 g/mol. The van der Waals surface area contributed by atoms with E-state index in [1.807, 2.05) is 0 Å². The Balaban J connectivity index is 2.20. The Morgan fingerprint density at radius 3 is 2.71 bits per heavy atom. The molecule has 2 aromatic rings. The number of nitrogens with one attached hydrogen (secondary N) is 1. The van der Waals surface area contributed by atoms with Gasteiger partial charge in [-0.3, -0.25) is 4.79 Å². The van der Waals surface area contributed by atoms with Crippen LogP contribution in [0.4, 0.5) is 10.1 Å². The summed E-state index contributed by atoms with van der Waals surface area (Å²) in [5.41, 5.74) is -0.800. The van der Waals surface area contributed by atoms with E-state index in [2.05, 4.69) is 4.98 Å². The van der Waals surface area contributed by atoms with E-state index < -0.39 is 39.9 Å². The zero-order chi connectivity index (χ0) is 17.6. The first kappa shape index (κ1) is 16.2. The van der Waals surface area contributed by atoms with E-state index in [0.717, 1.165) is 0 Å². The molecule has 0 unspecified atom stereocenters. The molecule has 2 heterocycles. The summed E-state index contributed by atoms with van der Waals surface area (Å²) in [5, 5.41) is 10.3. The van der Waals surface area contributed by atoms with E-state index in [1.165, 1.54) is 18.2 Å². The molecule has 0 atom stereocenters. The topological polar surface area (TPSA) is 109 Å². The van der Waals surface area contributed by atoms with Crippen LogP contribution in [0.15, 0.2) is 18.2 Å². The number of amides is 1. The number of phenolic OH excluding ortho intramolecular Hbond substituents is 1. The highest BCUT2D eigenvalue weighted by atomic mass is 32.2. The van der Waals surface area contributed by atoms with E-state index in [9.17, 15) is 22.7 Å². The molecule has 1 aliphatic rings. The number of pyridine rings is 1. The molecular weight excluding hydrogens is 341 g/mol. The molecule has 2 N–H and O–H groups in total. The molecular formula is C14H14FN3O5S. The Labute approximate surface area is 137 Å². The van der Waals surface area contributed by atoms with Crippen LogP contribution in [-0.2, 0) is 15.0 Å². The standard InChI is InChI=1S/C14H14FN3O5S/c1-7(2)23-11-4-3-8-5-9(19)14(12(15)13(8)16-11)18-6-10(20)17-24(18,21)22/h3-5,7,19H,6H2,1-2H3,(H,17,20). The normalized spacial score (nSPS) is 16.7. The second-order valence-corrected chi connectivity index (χ2v) is 7.08. The molecule has 0 bridgehead atoms. The van der Waals surface area contributed by atoms with Gasteiger partial charge in [0.1, 0.15) is 23.5 Å². The Hall–Kier alpha value is -2.62. The van der Waals surface area contributed by atoms with E-state index in [4.69, 9.17) is 4.74 Å². The Kier molecular flexibility index (Phi) is 3.71. The highest BCUT2D eigenvalue weighted by molar-refractivity contribution is 7.92.